The summed E-state index contributed by atoms with van der Waals surface area (Å²) in [5.41, 5.74) is 21.8. The molecule has 0 saturated heterocycles. The number of hydrogen-bond acceptors (Lipinski definition) is 2. The molecule has 0 aliphatic heterocycles. The molecular formula is C56H43NO. The molecule has 2 heteroatoms. The Balaban J connectivity index is 1.06. The number of benzene rings is 8. The molecule has 0 fully saturated rings. The summed E-state index contributed by atoms with van der Waals surface area (Å²) in [6, 6.07) is 63.2. The molecule has 0 amide bonds. The van der Waals surface area contributed by atoms with Gasteiger partial charge in [-0.05, 0) is 110 Å². The molecule has 0 bridgehead atoms. The zero-order valence-corrected chi connectivity index (χ0v) is 33.5. The van der Waals surface area contributed by atoms with Gasteiger partial charge in [-0.2, -0.15) is 0 Å². The molecule has 9 aromatic rings. The maximum absolute atomic E-state index is 7.13. The van der Waals surface area contributed by atoms with Gasteiger partial charge in [0.05, 0.1) is 0 Å². The monoisotopic (exact) mass is 745 g/mol. The van der Waals surface area contributed by atoms with Crippen molar-refractivity contribution in [1.82, 2.24) is 0 Å². The molecule has 278 valence electrons. The predicted molar refractivity (Wildman–Crippen MR) is 241 cm³/mol. The molecule has 0 atom stereocenters. The smallest absolute Gasteiger partial charge is 0.139 e. The Hall–Kier alpha value is -6.64. The summed E-state index contributed by atoms with van der Waals surface area (Å²) < 4.78 is 7.13. The molecule has 1 heterocycles. The average Bonchev–Trinajstić information content (AvgIpc) is 3.90. The molecular weight excluding hydrogens is 703 g/mol. The van der Waals surface area contributed by atoms with Crippen molar-refractivity contribution in [3.63, 3.8) is 0 Å². The lowest BCUT2D eigenvalue weighted by Gasteiger charge is -2.29. The van der Waals surface area contributed by atoms with E-state index >= 15 is 0 Å². The molecule has 0 unspecified atom stereocenters. The zero-order chi connectivity index (χ0) is 39.1. The van der Waals surface area contributed by atoms with Crippen LogP contribution in [0.25, 0.3) is 55.3 Å². The van der Waals surface area contributed by atoms with E-state index < -0.39 is 0 Å². The van der Waals surface area contributed by atoms with Crippen molar-refractivity contribution in [2.45, 2.75) is 50.9 Å². The summed E-state index contributed by atoms with van der Waals surface area (Å²) in [5, 5.41) is 2.27. The maximum Gasteiger partial charge on any atom is 0.139 e. The van der Waals surface area contributed by atoms with Crippen LogP contribution in [0.15, 0.2) is 174 Å². The molecule has 0 spiro atoms. The topological polar surface area (TPSA) is 16.4 Å². The van der Waals surface area contributed by atoms with Crippen molar-refractivity contribution in [1.29, 1.82) is 0 Å². The minimum Gasteiger partial charge on any atom is -0.456 e. The SMILES string of the molecule is CC1(C)c2ccccc2-c2ccc(N(c3ccc4c(c3)C(C)(C)c3ccccc3-4)c3ccc4c(c3)oc3c(C5(C)c6ccccc6-c6ccccc65)cccc34)cc21. The van der Waals surface area contributed by atoms with Crippen LogP contribution in [-0.4, -0.2) is 0 Å². The van der Waals surface area contributed by atoms with Crippen molar-refractivity contribution in [3.8, 4) is 33.4 Å². The summed E-state index contributed by atoms with van der Waals surface area (Å²) in [5.74, 6) is 0. The van der Waals surface area contributed by atoms with E-state index in [1.54, 1.807) is 0 Å². The van der Waals surface area contributed by atoms with Gasteiger partial charge in [0.25, 0.3) is 0 Å². The minimum atomic E-state index is -0.362. The van der Waals surface area contributed by atoms with Crippen molar-refractivity contribution in [2.75, 3.05) is 4.90 Å². The number of fused-ring (bicyclic) bond motifs is 12. The van der Waals surface area contributed by atoms with Crippen LogP contribution < -0.4 is 4.90 Å². The Labute approximate surface area is 340 Å². The highest BCUT2D eigenvalue weighted by Gasteiger charge is 2.43. The van der Waals surface area contributed by atoms with Crippen LogP contribution in [0.4, 0.5) is 17.1 Å². The second kappa shape index (κ2) is 11.5. The Morgan fingerprint density at radius 1 is 0.345 bits per heavy atom. The third kappa shape index (κ3) is 4.27. The fourth-order valence-electron chi connectivity index (χ4n) is 11.2. The normalized spacial score (nSPS) is 15.7. The molecule has 8 aromatic carbocycles. The zero-order valence-electron chi connectivity index (χ0n) is 33.5. The lowest BCUT2D eigenvalue weighted by molar-refractivity contribution is 0.638. The summed E-state index contributed by atoms with van der Waals surface area (Å²) in [4.78, 5) is 2.44. The highest BCUT2D eigenvalue weighted by atomic mass is 16.3. The van der Waals surface area contributed by atoms with Crippen LogP contribution in [0.5, 0.6) is 0 Å². The van der Waals surface area contributed by atoms with Gasteiger partial charge in [0, 0.05) is 55.7 Å². The van der Waals surface area contributed by atoms with Gasteiger partial charge in [-0.15, -0.1) is 0 Å². The van der Waals surface area contributed by atoms with Crippen LogP contribution >= 0.6 is 0 Å². The fraction of sp³-hybridized carbons (Fsp3) is 0.143. The maximum atomic E-state index is 7.13. The molecule has 12 rings (SSSR count). The van der Waals surface area contributed by atoms with Gasteiger partial charge in [0.1, 0.15) is 11.2 Å². The van der Waals surface area contributed by atoms with Crippen molar-refractivity contribution in [3.05, 3.63) is 209 Å². The number of furan rings is 1. The first kappa shape index (κ1) is 33.5. The van der Waals surface area contributed by atoms with Crippen molar-refractivity contribution < 1.29 is 4.42 Å². The van der Waals surface area contributed by atoms with E-state index in [-0.39, 0.29) is 16.2 Å². The third-order valence-corrected chi connectivity index (χ3v) is 14.2. The average molecular weight is 746 g/mol. The van der Waals surface area contributed by atoms with E-state index in [4.69, 9.17) is 4.42 Å². The molecule has 1 aromatic heterocycles. The number of nitrogens with zero attached hydrogens (tertiary/aromatic N) is 1. The van der Waals surface area contributed by atoms with Gasteiger partial charge >= 0.3 is 0 Å². The van der Waals surface area contributed by atoms with Crippen LogP contribution in [0.2, 0.25) is 0 Å². The summed E-state index contributed by atoms with van der Waals surface area (Å²) in [6.45, 7) is 11.8. The molecule has 2 nitrogen and oxygen atoms in total. The molecule has 3 aliphatic rings. The highest BCUT2D eigenvalue weighted by Crippen LogP contribution is 2.56. The first-order valence-corrected chi connectivity index (χ1v) is 20.6. The van der Waals surface area contributed by atoms with Crippen LogP contribution in [0.1, 0.15) is 73.6 Å². The first-order valence-electron chi connectivity index (χ1n) is 20.6. The predicted octanol–water partition coefficient (Wildman–Crippen LogP) is 15.0. The number of hydrogen-bond donors (Lipinski definition) is 0. The van der Waals surface area contributed by atoms with Crippen LogP contribution in [0, 0.1) is 0 Å². The van der Waals surface area contributed by atoms with Gasteiger partial charge in [0.2, 0.25) is 0 Å². The third-order valence-electron chi connectivity index (χ3n) is 14.2. The van der Waals surface area contributed by atoms with Crippen LogP contribution in [0.3, 0.4) is 0 Å². The number of rotatable bonds is 4. The van der Waals surface area contributed by atoms with Crippen molar-refractivity contribution in [2.24, 2.45) is 0 Å². The first-order chi connectivity index (χ1) is 28.2. The van der Waals surface area contributed by atoms with Gasteiger partial charge < -0.3 is 9.32 Å². The summed E-state index contributed by atoms with van der Waals surface area (Å²) >= 11 is 0. The van der Waals surface area contributed by atoms with E-state index in [9.17, 15) is 0 Å². The second-order valence-electron chi connectivity index (χ2n) is 17.8. The van der Waals surface area contributed by atoms with E-state index in [1.807, 2.05) is 0 Å². The fourth-order valence-corrected chi connectivity index (χ4v) is 11.2. The Morgan fingerprint density at radius 2 is 0.759 bits per heavy atom. The van der Waals surface area contributed by atoms with Gasteiger partial charge in [-0.1, -0.05) is 155 Å². The molecule has 3 aliphatic carbocycles. The van der Waals surface area contributed by atoms with Gasteiger partial charge in [-0.3, -0.25) is 0 Å². The van der Waals surface area contributed by atoms with Gasteiger partial charge in [-0.25, -0.2) is 0 Å². The molecule has 0 N–H and O–H groups in total. The number of anilines is 3. The second-order valence-corrected chi connectivity index (χ2v) is 17.8. The lowest BCUT2D eigenvalue weighted by Crippen LogP contribution is -2.22. The van der Waals surface area contributed by atoms with Crippen molar-refractivity contribution >= 4 is 39.0 Å². The van der Waals surface area contributed by atoms with E-state index in [1.165, 1.54) is 72.3 Å². The Kier molecular flexibility index (Phi) is 6.63. The summed E-state index contributed by atoms with van der Waals surface area (Å²) in [6.07, 6.45) is 0. The quantitative estimate of drug-likeness (QED) is 0.178. The molecule has 0 radical (unpaired) electrons. The Morgan fingerprint density at radius 3 is 1.29 bits per heavy atom. The van der Waals surface area contributed by atoms with E-state index in [0.29, 0.717) is 0 Å². The van der Waals surface area contributed by atoms with Gasteiger partial charge in [0.15, 0.2) is 0 Å². The van der Waals surface area contributed by atoms with Crippen LogP contribution in [-0.2, 0) is 16.2 Å². The minimum absolute atomic E-state index is 0.123. The lowest BCUT2D eigenvalue weighted by atomic mass is 9.74. The van der Waals surface area contributed by atoms with E-state index in [0.717, 1.165) is 39.0 Å². The summed E-state index contributed by atoms with van der Waals surface area (Å²) in [7, 11) is 0. The molecule has 58 heavy (non-hydrogen) atoms. The molecule has 0 saturated carbocycles. The van der Waals surface area contributed by atoms with E-state index in [2.05, 4.69) is 209 Å². The number of para-hydroxylation sites is 1. The standard InChI is InChI=1S/C56H43NO/c1-54(2)45-20-10-6-15-37(45)41-28-25-34(31-50(41)54)57(35-26-29-42-38-16-7-11-21-46(38)55(3,4)51(42)32-35)36-27-30-43-44-19-14-24-49(53(44)58-52(43)33-36)56(5)47-22-12-8-17-39(47)40-18-9-13-23-48(40)56/h6-33H,1-5H3. The highest BCUT2D eigenvalue weighted by molar-refractivity contribution is 6.08. The largest absolute Gasteiger partial charge is 0.456 e. The Bertz CT molecular complexity index is 3060.